The number of rotatable bonds is 8. The van der Waals surface area contributed by atoms with Crippen LogP contribution in [-0.2, 0) is 11.3 Å². The molecule has 94 valence electrons. The van der Waals surface area contributed by atoms with Crippen molar-refractivity contribution in [1.82, 2.24) is 5.32 Å². The fraction of sp³-hybridized carbons (Fsp3) is 0.500. The number of carbonyl (C=O) groups excluding carboxylic acids is 1. The Labute approximate surface area is 103 Å². The summed E-state index contributed by atoms with van der Waals surface area (Å²) in [5.41, 5.74) is 5.01. The van der Waals surface area contributed by atoms with Gasteiger partial charge in [0.2, 0.25) is 5.91 Å². The smallest absolute Gasteiger partial charge is 0.324 e. The molecule has 0 saturated carbocycles. The van der Waals surface area contributed by atoms with E-state index in [9.17, 15) is 14.9 Å². The summed E-state index contributed by atoms with van der Waals surface area (Å²) in [5.74, 6) is -0.279. The molecule has 1 heterocycles. The van der Waals surface area contributed by atoms with Gasteiger partial charge >= 0.3 is 5.00 Å². The van der Waals surface area contributed by atoms with E-state index < -0.39 is 0 Å². The van der Waals surface area contributed by atoms with Gasteiger partial charge in [-0.15, -0.1) is 0 Å². The van der Waals surface area contributed by atoms with Crippen molar-refractivity contribution in [2.75, 3.05) is 6.54 Å². The molecule has 1 aromatic rings. The lowest BCUT2D eigenvalue weighted by molar-refractivity contribution is -0.380. The zero-order valence-corrected chi connectivity index (χ0v) is 10.2. The molecular weight excluding hydrogens is 242 g/mol. The predicted molar refractivity (Wildman–Crippen MR) is 65.7 cm³/mol. The summed E-state index contributed by atoms with van der Waals surface area (Å²) in [4.78, 5) is 21.5. The molecule has 0 fully saturated rings. The maximum atomic E-state index is 10.5. The van der Waals surface area contributed by atoms with E-state index in [0.29, 0.717) is 13.0 Å². The Morgan fingerprint density at radius 2 is 2.24 bits per heavy atom. The van der Waals surface area contributed by atoms with Gasteiger partial charge in [0.1, 0.15) is 0 Å². The van der Waals surface area contributed by atoms with Crippen molar-refractivity contribution in [3.05, 3.63) is 27.1 Å². The lowest BCUT2D eigenvalue weighted by atomic mass is 10.2. The Balaban J connectivity index is 2.13. The van der Waals surface area contributed by atoms with Gasteiger partial charge in [0.05, 0.1) is 4.92 Å². The van der Waals surface area contributed by atoms with Crippen molar-refractivity contribution in [1.29, 1.82) is 0 Å². The topological polar surface area (TPSA) is 98.3 Å². The van der Waals surface area contributed by atoms with E-state index in [1.165, 1.54) is 17.4 Å². The van der Waals surface area contributed by atoms with Gasteiger partial charge in [-0.2, -0.15) is 0 Å². The number of nitrogens with one attached hydrogen (secondary N) is 1. The molecule has 0 aliphatic rings. The van der Waals surface area contributed by atoms with E-state index in [1.54, 1.807) is 6.07 Å². The van der Waals surface area contributed by atoms with E-state index in [1.807, 2.05) is 0 Å². The monoisotopic (exact) mass is 257 g/mol. The van der Waals surface area contributed by atoms with Gasteiger partial charge in [-0.25, -0.2) is 0 Å². The third kappa shape index (κ3) is 5.41. The average molecular weight is 257 g/mol. The van der Waals surface area contributed by atoms with Crippen molar-refractivity contribution in [3.8, 4) is 0 Å². The number of nitro groups is 1. The molecule has 3 N–H and O–H groups in total. The number of nitrogens with two attached hydrogens (primary N) is 1. The van der Waals surface area contributed by atoms with Gasteiger partial charge in [-0.05, 0) is 25.5 Å². The lowest BCUT2D eigenvalue weighted by Gasteiger charge is -2.01. The molecular formula is C10H15N3O3S. The quantitative estimate of drug-likeness (QED) is 0.418. The van der Waals surface area contributed by atoms with Gasteiger partial charge in [0.15, 0.2) is 0 Å². The first-order valence-electron chi connectivity index (χ1n) is 5.31. The zero-order valence-electron chi connectivity index (χ0n) is 9.35. The minimum Gasteiger partial charge on any atom is -0.370 e. The molecule has 1 amide bonds. The molecule has 0 aliphatic carbocycles. The Morgan fingerprint density at radius 3 is 2.82 bits per heavy atom. The van der Waals surface area contributed by atoms with E-state index in [-0.39, 0.29) is 15.8 Å². The van der Waals surface area contributed by atoms with E-state index in [0.717, 1.165) is 24.3 Å². The highest BCUT2D eigenvalue weighted by molar-refractivity contribution is 7.15. The molecule has 17 heavy (non-hydrogen) atoms. The van der Waals surface area contributed by atoms with Crippen LogP contribution >= 0.6 is 11.3 Å². The summed E-state index contributed by atoms with van der Waals surface area (Å²) in [7, 11) is 0. The maximum absolute atomic E-state index is 10.5. The zero-order chi connectivity index (χ0) is 12.7. The second-order valence-electron chi connectivity index (χ2n) is 3.60. The Hall–Kier alpha value is -1.47. The second-order valence-corrected chi connectivity index (χ2v) is 4.74. The van der Waals surface area contributed by atoms with Crippen molar-refractivity contribution in [2.24, 2.45) is 5.73 Å². The molecule has 6 nitrogen and oxygen atoms in total. The number of thiophene rings is 1. The number of primary amides is 1. The summed E-state index contributed by atoms with van der Waals surface area (Å²) in [5, 5.41) is 13.8. The lowest BCUT2D eigenvalue weighted by Crippen LogP contribution is -2.15. The van der Waals surface area contributed by atoms with Crippen LogP contribution in [0.15, 0.2) is 12.1 Å². The highest BCUT2D eigenvalue weighted by Crippen LogP contribution is 2.23. The highest BCUT2D eigenvalue weighted by atomic mass is 32.1. The summed E-state index contributed by atoms with van der Waals surface area (Å²) < 4.78 is 0. The molecule has 1 aromatic heterocycles. The fourth-order valence-corrected chi connectivity index (χ4v) is 2.11. The Kier molecular flexibility index (Phi) is 5.58. The largest absolute Gasteiger partial charge is 0.370 e. The Morgan fingerprint density at radius 1 is 1.47 bits per heavy atom. The number of hydrogen-bond donors (Lipinski definition) is 2. The fourth-order valence-electron chi connectivity index (χ4n) is 1.32. The average Bonchev–Trinajstić information content (AvgIpc) is 2.71. The molecule has 0 saturated heterocycles. The van der Waals surface area contributed by atoms with Crippen LogP contribution in [0.4, 0.5) is 5.00 Å². The first-order chi connectivity index (χ1) is 8.09. The van der Waals surface area contributed by atoms with Crippen LogP contribution in [0, 0.1) is 10.1 Å². The second kappa shape index (κ2) is 6.97. The molecule has 0 radical (unpaired) electrons. The normalized spacial score (nSPS) is 10.4. The first-order valence-corrected chi connectivity index (χ1v) is 6.13. The molecule has 7 heteroatoms. The number of hydrogen-bond acceptors (Lipinski definition) is 5. The standard InChI is InChI=1S/C10H15N3O3S/c11-9(14)3-1-2-6-12-7-8-4-5-10(17-8)13(15)16/h4-5,12H,1-3,6-7H2,(H2,11,14). The number of carbonyl (C=O) groups is 1. The third-order valence-electron chi connectivity index (χ3n) is 2.15. The number of nitrogens with zero attached hydrogens (tertiary/aromatic N) is 1. The van der Waals surface area contributed by atoms with E-state index >= 15 is 0 Å². The van der Waals surface area contributed by atoms with Crippen LogP contribution in [0.3, 0.4) is 0 Å². The van der Waals surface area contributed by atoms with Crippen LogP contribution < -0.4 is 11.1 Å². The van der Waals surface area contributed by atoms with Gasteiger partial charge < -0.3 is 11.1 Å². The van der Waals surface area contributed by atoms with Crippen LogP contribution in [0.1, 0.15) is 24.1 Å². The SMILES string of the molecule is NC(=O)CCCCNCc1ccc([N+](=O)[O-])s1. The summed E-state index contributed by atoms with van der Waals surface area (Å²) in [6, 6.07) is 3.26. The van der Waals surface area contributed by atoms with E-state index in [4.69, 9.17) is 5.73 Å². The van der Waals surface area contributed by atoms with Crippen LogP contribution in [0.25, 0.3) is 0 Å². The summed E-state index contributed by atoms with van der Waals surface area (Å²) >= 11 is 1.17. The molecule has 1 rings (SSSR count). The number of amides is 1. The van der Waals surface area contributed by atoms with Gasteiger partial charge in [0, 0.05) is 23.9 Å². The van der Waals surface area contributed by atoms with Crippen molar-refractivity contribution >= 4 is 22.2 Å². The Bertz CT molecular complexity index is 392. The predicted octanol–water partition coefficient (Wildman–Crippen LogP) is 1.40. The van der Waals surface area contributed by atoms with Crippen LogP contribution in [0.2, 0.25) is 0 Å². The molecule has 0 atom stereocenters. The van der Waals surface area contributed by atoms with Gasteiger partial charge in [-0.3, -0.25) is 14.9 Å². The van der Waals surface area contributed by atoms with Crippen LogP contribution in [-0.4, -0.2) is 17.4 Å². The van der Waals surface area contributed by atoms with Crippen LogP contribution in [0.5, 0.6) is 0 Å². The molecule has 0 bridgehead atoms. The number of unbranched alkanes of at least 4 members (excludes halogenated alkanes) is 1. The summed E-state index contributed by atoms with van der Waals surface area (Å²) in [6.45, 7) is 1.40. The molecule has 0 unspecified atom stereocenters. The molecule has 0 spiro atoms. The minimum atomic E-state index is -0.388. The van der Waals surface area contributed by atoms with Gasteiger partial charge in [0.25, 0.3) is 0 Å². The van der Waals surface area contributed by atoms with Gasteiger partial charge in [-0.1, -0.05) is 11.3 Å². The highest BCUT2D eigenvalue weighted by Gasteiger charge is 2.08. The molecule has 0 aromatic carbocycles. The van der Waals surface area contributed by atoms with E-state index in [2.05, 4.69) is 5.32 Å². The van der Waals surface area contributed by atoms with Crippen molar-refractivity contribution in [3.63, 3.8) is 0 Å². The third-order valence-corrected chi connectivity index (χ3v) is 3.19. The first kappa shape index (κ1) is 13.6. The maximum Gasteiger partial charge on any atom is 0.324 e. The van der Waals surface area contributed by atoms with Crippen molar-refractivity contribution < 1.29 is 9.72 Å². The van der Waals surface area contributed by atoms with Crippen molar-refractivity contribution in [2.45, 2.75) is 25.8 Å². The molecule has 0 aliphatic heterocycles. The minimum absolute atomic E-state index is 0.163. The summed E-state index contributed by atoms with van der Waals surface area (Å²) in [6.07, 6.45) is 2.05.